The molecular weight excluding hydrogens is 643 g/mol. The summed E-state index contributed by atoms with van der Waals surface area (Å²) in [6, 6.07) is 26.4. The fraction of sp³-hybridized carbons (Fsp3) is 0.0323. The number of nitrogens with one attached hydrogen (secondary N) is 1. The molecule has 0 spiro atoms. The Morgan fingerprint density at radius 3 is 2.62 bits per heavy atom. The lowest BCUT2D eigenvalue weighted by Gasteiger charge is -2.11. The first-order valence-electron chi connectivity index (χ1n) is 12.6. The molecule has 208 valence electrons. The molecule has 0 aliphatic rings. The maximum absolute atomic E-state index is 13.5. The zero-order chi connectivity index (χ0) is 29.2. The number of carbonyl (C=O) groups is 1. The normalized spacial score (nSPS) is 11.4. The second-order valence-corrected chi connectivity index (χ2v) is 10.8. The van der Waals surface area contributed by atoms with Gasteiger partial charge in [-0.05, 0) is 82.2 Å². The number of amides is 1. The molecule has 0 fully saturated rings. The largest absolute Gasteiger partial charge is 0.481 e. The van der Waals surface area contributed by atoms with Crippen molar-refractivity contribution in [3.63, 3.8) is 0 Å². The number of furan rings is 1. The van der Waals surface area contributed by atoms with Gasteiger partial charge in [0.2, 0.25) is 5.82 Å². The van der Waals surface area contributed by atoms with Gasteiger partial charge in [0.05, 0.1) is 26.6 Å². The minimum atomic E-state index is -0.375. The summed E-state index contributed by atoms with van der Waals surface area (Å²) in [5.41, 5.74) is 1.95. The predicted octanol–water partition coefficient (Wildman–Crippen LogP) is 7.78. The number of para-hydroxylation sites is 2. The Morgan fingerprint density at radius 2 is 1.81 bits per heavy atom. The van der Waals surface area contributed by atoms with E-state index < -0.39 is 0 Å². The Morgan fingerprint density at radius 1 is 1.02 bits per heavy atom. The number of hydrogen-bond donors (Lipinski definition) is 1. The summed E-state index contributed by atoms with van der Waals surface area (Å²) in [5, 5.41) is 9.19. The third kappa shape index (κ3) is 5.80. The van der Waals surface area contributed by atoms with Gasteiger partial charge in [0, 0.05) is 16.1 Å². The number of aromatic nitrogens is 2. The van der Waals surface area contributed by atoms with Crippen molar-refractivity contribution in [2.24, 2.45) is 5.10 Å². The number of ether oxygens (including phenoxy) is 1. The number of nitrogens with zero attached hydrogens (tertiary/aromatic N) is 3. The highest BCUT2D eigenvalue weighted by molar-refractivity contribution is 9.10. The first-order valence-corrected chi connectivity index (χ1v) is 14.1. The molecule has 11 heteroatoms. The number of rotatable bonds is 7. The summed E-state index contributed by atoms with van der Waals surface area (Å²) in [5.74, 6) is 0.530. The fourth-order valence-corrected chi connectivity index (χ4v) is 5.46. The van der Waals surface area contributed by atoms with Crippen LogP contribution < -0.4 is 15.6 Å². The molecule has 1 N–H and O–H groups in total. The molecule has 42 heavy (non-hydrogen) atoms. The maximum Gasteiger partial charge on any atom is 0.282 e. The highest BCUT2D eigenvalue weighted by Crippen LogP contribution is 2.34. The summed E-state index contributed by atoms with van der Waals surface area (Å²) >= 11 is 16.1. The van der Waals surface area contributed by atoms with Crippen molar-refractivity contribution in [3.8, 4) is 17.3 Å². The van der Waals surface area contributed by atoms with E-state index in [4.69, 9.17) is 32.4 Å². The lowest BCUT2D eigenvalue weighted by atomic mass is 10.2. The SMILES string of the molecule is O=C(COc1c(Cl)cc(C=Nn2c(-c3cc4cc(Cl)ccc4o3)nc3ccccc3c2=O)cc1Br)Nc1ccccc1. The zero-order valence-electron chi connectivity index (χ0n) is 21.6. The number of halogens is 3. The van der Waals surface area contributed by atoms with E-state index in [2.05, 4.69) is 31.3 Å². The van der Waals surface area contributed by atoms with Gasteiger partial charge in [-0.25, -0.2) is 4.98 Å². The third-order valence-electron chi connectivity index (χ3n) is 6.20. The second kappa shape index (κ2) is 11.8. The highest BCUT2D eigenvalue weighted by atomic mass is 79.9. The molecule has 0 aliphatic carbocycles. The molecule has 0 saturated carbocycles. The Bertz CT molecular complexity index is 2040. The summed E-state index contributed by atoms with van der Waals surface area (Å²) in [7, 11) is 0. The molecule has 0 atom stereocenters. The molecule has 0 unspecified atom stereocenters. The van der Waals surface area contributed by atoms with Crippen LogP contribution in [0, 0.1) is 0 Å². The summed E-state index contributed by atoms with van der Waals surface area (Å²) < 4.78 is 13.4. The van der Waals surface area contributed by atoms with E-state index in [1.807, 2.05) is 18.2 Å². The van der Waals surface area contributed by atoms with Gasteiger partial charge in [0.25, 0.3) is 11.5 Å². The van der Waals surface area contributed by atoms with Crippen LogP contribution in [0.5, 0.6) is 5.75 Å². The van der Waals surface area contributed by atoms with Crippen molar-refractivity contribution in [2.45, 2.75) is 0 Å². The monoisotopic (exact) mass is 660 g/mol. The summed E-state index contributed by atoms with van der Waals surface area (Å²) in [6.07, 6.45) is 1.48. The topological polar surface area (TPSA) is 98.7 Å². The van der Waals surface area contributed by atoms with Gasteiger partial charge in [-0.2, -0.15) is 9.78 Å². The number of fused-ring (bicyclic) bond motifs is 2. The van der Waals surface area contributed by atoms with Crippen molar-refractivity contribution in [3.05, 3.63) is 121 Å². The minimum Gasteiger partial charge on any atom is -0.481 e. The van der Waals surface area contributed by atoms with Crippen LogP contribution in [0.4, 0.5) is 5.69 Å². The van der Waals surface area contributed by atoms with Crippen LogP contribution in [0.15, 0.2) is 110 Å². The number of benzene rings is 4. The molecule has 0 aliphatic heterocycles. The Hall–Kier alpha value is -4.44. The number of anilines is 1. The quantitative estimate of drug-likeness (QED) is 0.176. The van der Waals surface area contributed by atoms with Crippen LogP contribution in [0.2, 0.25) is 10.0 Å². The lowest BCUT2D eigenvalue weighted by molar-refractivity contribution is -0.118. The lowest BCUT2D eigenvalue weighted by Crippen LogP contribution is -2.20. The maximum atomic E-state index is 13.5. The van der Waals surface area contributed by atoms with Crippen LogP contribution >= 0.6 is 39.1 Å². The minimum absolute atomic E-state index is 0.219. The molecule has 6 rings (SSSR count). The van der Waals surface area contributed by atoms with Gasteiger partial charge >= 0.3 is 0 Å². The van der Waals surface area contributed by atoms with Gasteiger partial charge in [-0.15, -0.1) is 0 Å². The standard InChI is InChI=1S/C31H19BrCl2N4O4/c32-23-12-18(13-24(34)29(23)41-17-28(39)36-21-6-2-1-3-7-21)16-35-38-30(37-25-9-5-4-8-22(25)31(38)40)27-15-19-14-20(33)10-11-26(19)42-27/h1-16H,17H2,(H,36,39). The summed E-state index contributed by atoms with van der Waals surface area (Å²) in [6.45, 7) is -0.245. The van der Waals surface area contributed by atoms with Crippen molar-refractivity contribution >= 4 is 78.8 Å². The van der Waals surface area contributed by atoms with Crippen molar-refractivity contribution in [1.29, 1.82) is 0 Å². The summed E-state index contributed by atoms with van der Waals surface area (Å²) in [4.78, 5) is 30.5. The van der Waals surface area contributed by atoms with Gasteiger partial charge in [-0.1, -0.05) is 53.5 Å². The van der Waals surface area contributed by atoms with Crippen LogP contribution in [-0.2, 0) is 4.79 Å². The fourth-order valence-electron chi connectivity index (χ4n) is 4.29. The predicted molar refractivity (Wildman–Crippen MR) is 169 cm³/mol. The molecule has 4 aromatic carbocycles. The van der Waals surface area contributed by atoms with Crippen molar-refractivity contribution < 1.29 is 13.9 Å². The average molecular weight is 662 g/mol. The first kappa shape index (κ1) is 27.7. The Balaban J connectivity index is 1.31. The van der Waals surface area contributed by atoms with Crippen LogP contribution in [-0.4, -0.2) is 28.4 Å². The van der Waals surface area contributed by atoms with Gasteiger partial charge < -0.3 is 14.5 Å². The van der Waals surface area contributed by atoms with Gasteiger partial charge in [0.1, 0.15) is 5.58 Å². The van der Waals surface area contributed by atoms with Crippen molar-refractivity contribution in [1.82, 2.24) is 9.66 Å². The Labute approximate surface area is 257 Å². The van der Waals surface area contributed by atoms with Crippen LogP contribution in [0.3, 0.4) is 0 Å². The third-order valence-corrected chi connectivity index (χ3v) is 7.31. The molecular formula is C31H19BrCl2N4O4. The van der Waals surface area contributed by atoms with E-state index in [0.29, 0.717) is 48.7 Å². The molecule has 0 saturated heterocycles. The molecule has 2 aromatic heterocycles. The van der Waals surface area contributed by atoms with Crippen molar-refractivity contribution in [2.75, 3.05) is 11.9 Å². The van der Waals surface area contributed by atoms with Gasteiger partial charge in [-0.3, -0.25) is 9.59 Å². The van der Waals surface area contributed by atoms with E-state index >= 15 is 0 Å². The van der Waals surface area contributed by atoms with E-state index in [-0.39, 0.29) is 28.9 Å². The molecule has 2 heterocycles. The molecule has 1 amide bonds. The average Bonchev–Trinajstić information content (AvgIpc) is 3.40. The number of carbonyl (C=O) groups excluding carboxylic acids is 1. The highest BCUT2D eigenvalue weighted by Gasteiger charge is 2.17. The second-order valence-electron chi connectivity index (χ2n) is 9.12. The zero-order valence-corrected chi connectivity index (χ0v) is 24.7. The van der Waals surface area contributed by atoms with Crippen LogP contribution in [0.1, 0.15) is 5.56 Å². The van der Waals surface area contributed by atoms with E-state index in [9.17, 15) is 9.59 Å². The molecule has 8 nitrogen and oxygen atoms in total. The van der Waals surface area contributed by atoms with Crippen LogP contribution in [0.25, 0.3) is 33.5 Å². The van der Waals surface area contributed by atoms with E-state index in [1.54, 1.807) is 72.8 Å². The van der Waals surface area contributed by atoms with E-state index in [0.717, 1.165) is 5.39 Å². The molecule has 0 radical (unpaired) electrons. The first-order chi connectivity index (χ1) is 20.4. The molecule has 6 aromatic rings. The number of hydrogen-bond acceptors (Lipinski definition) is 6. The molecule has 0 bridgehead atoms. The Kier molecular flexibility index (Phi) is 7.80. The smallest absolute Gasteiger partial charge is 0.282 e. The van der Waals surface area contributed by atoms with E-state index in [1.165, 1.54) is 10.9 Å². The van der Waals surface area contributed by atoms with Gasteiger partial charge in [0.15, 0.2) is 18.1 Å².